The summed E-state index contributed by atoms with van der Waals surface area (Å²) in [6.45, 7) is 2.69. The van der Waals surface area contributed by atoms with Gasteiger partial charge in [0.1, 0.15) is 11.8 Å². The zero-order valence-electron chi connectivity index (χ0n) is 20.2. The molecule has 2 heterocycles. The minimum atomic E-state index is -1.59. The first-order valence-corrected chi connectivity index (χ1v) is 11.8. The van der Waals surface area contributed by atoms with Gasteiger partial charge in [-0.3, -0.25) is 24.5 Å². The Labute approximate surface area is 209 Å². The van der Waals surface area contributed by atoms with Crippen LogP contribution in [0.15, 0.2) is 36.4 Å². The van der Waals surface area contributed by atoms with Gasteiger partial charge in [0.2, 0.25) is 11.8 Å². The third kappa shape index (κ3) is 5.12. The van der Waals surface area contributed by atoms with Gasteiger partial charge in [-0.25, -0.2) is 0 Å². The first-order chi connectivity index (χ1) is 17.2. The number of imide groups is 1. The van der Waals surface area contributed by atoms with E-state index in [4.69, 9.17) is 4.74 Å². The molecule has 2 aliphatic heterocycles. The first-order valence-electron chi connectivity index (χ1n) is 11.8. The first kappa shape index (κ1) is 25.4. The van der Waals surface area contributed by atoms with Gasteiger partial charge in [-0.1, -0.05) is 17.7 Å². The number of benzene rings is 2. The van der Waals surface area contributed by atoms with Crippen LogP contribution in [-0.4, -0.2) is 76.8 Å². The third-order valence-electron chi connectivity index (χ3n) is 6.58. The molecule has 11 heteroatoms. The van der Waals surface area contributed by atoms with Gasteiger partial charge in [-0.05, 0) is 49.5 Å². The number of carbonyl (C=O) groups is 4. The topological polar surface area (TPSA) is 136 Å². The summed E-state index contributed by atoms with van der Waals surface area (Å²) in [5, 5.41) is 21.0. The molecule has 1 unspecified atom stereocenters. The van der Waals surface area contributed by atoms with Crippen molar-refractivity contribution in [2.24, 2.45) is 0 Å². The number of fused-ring (bicyclic) bond motifs is 1. The quantitative estimate of drug-likeness (QED) is 0.267. The van der Waals surface area contributed by atoms with Crippen LogP contribution in [0, 0.1) is 6.92 Å². The van der Waals surface area contributed by atoms with E-state index in [1.807, 2.05) is 0 Å². The molecule has 2 aliphatic rings. The molecule has 3 N–H and O–H groups in total. The standard InChI is InChI=1S/C25H28BN3O7/c1-15-13-16(7-8-19(15)26(34)35)24(32)28(2)11-4-12-36-21-6-3-5-17-18(21)14-29(25(17)33)20-9-10-22(30)27-23(20)31/h3,5-8,13,20,34-35H,4,9-12,14H2,1-2H3,(H,27,30,31). The van der Waals surface area contributed by atoms with Crippen LogP contribution in [0.25, 0.3) is 0 Å². The largest absolute Gasteiger partial charge is 0.493 e. The van der Waals surface area contributed by atoms with Crippen molar-refractivity contribution >= 4 is 36.2 Å². The number of nitrogens with zero attached hydrogens (tertiary/aromatic N) is 2. The predicted octanol–water partition coefficient (Wildman–Crippen LogP) is -0.0231. The lowest BCUT2D eigenvalue weighted by molar-refractivity contribution is -0.136. The molecule has 2 aromatic carbocycles. The van der Waals surface area contributed by atoms with E-state index in [-0.39, 0.29) is 30.7 Å². The Morgan fingerprint density at radius 3 is 2.69 bits per heavy atom. The van der Waals surface area contributed by atoms with Crippen LogP contribution >= 0.6 is 0 Å². The Balaban J connectivity index is 1.33. The Hall–Kier alpha value is -3.70. The van der Waals surface area contributed by atoms with Crippen LogP contribution in [-0.2, 0) is 16.1 Å². The number of rotatable bonds is 8. The van der Waals surface area contributed by atoms with Crippen LogP contribution in [0.1, 0.15) is 51.1 Å². The summed E-state index contributed by atoms with van der Waals surface area (Å²) in [5.41, 5.74) is 2.61. The minimum absolute atomic E-state index is 0.192. The molecule has 0 radical (unpaired) electrons. The summed E-state index contributed by atoms with van der Waals surface area (Å²) in [6.07, 6.45) is 1.03. The van der Waals surface area contributed by atoms with Gasteiger partial charge >= 0.3 is 7.12 Å². The lowest BCUT2D eigenvalue weighted by Crippen LogP contribution is -2.52. The number of aryl methyl sites for hydroxylation is 1. The maximum atomic E-state index is 12.9. The third-order valence-corrected chi connectivity index (χ3v) is 6.58. The number of hydrogen-bond acceptors (Lipinski definition) is 7. The van der Waals surface area contributed by atoms with Crippen LogP contribution < -0.4 is 15.5 Å². The molecule has 0 saturated carbocycles. The van der Waals surface area contributed by atoms with E-state index < -0.39 is 19.1 Å². The van der Waals surface area contributed by atoms with E-state index in [2.05, 4.69) is 5.32 Å². The van der Waals surface area contributed by atoms with Crippen LogP contribution in [0.4, 0.5) is 0 Å². The highest BCUT2D eigenvalue weighted by molar-refractivity contribution is 6.59. The Morgan fingerprint density at radius 2 is 2.00 bits per heavy atom. The van der Waals surface area contributed by atoms with E-state index >= 15 is 0 Å². The molecule has 36 heavy (non-hydrogen) atoms. The van der Waals surface area contributed by atoms with Gasteiger partial charge in [0.15, 0.2) is 0 Å². The van der Waals surface area contributed by atoms with Gasteiger partial charge in [-0.2, -0.15) is 0 Å². The number of piperidine rings is 1. The summed E-state index contributed by atoms with van der Waals surface area (Å²) >= 11 is 0. The highest BCUT2D eigenvalue weighted by Gasteiger charge is 2.40. The van der Waals surface area contributed by atoms with Crippen molar-refractivity contribution in [2.75, 3.05) is 20.2 Å². The Bertz CT molecular complexity index is 1220. The predicted molar refractivity (Wildman–Crippen MR) is 131 cm³/mol. The van der Waals surface area contributed by atoms with Gasteiger partial charge in [0, 0.05) is 36.7 Å². The number of amides is 4. The maximum Gasteiger partial charge on any atom is 0.488 e. The minimum Gasteiger partial charge on any atom is -0.493 e. The molecule has 0 aromatic heterocycles. The monoisotopic (exact) mass is 493 g/mol. The summed E-state index contributed by atoms with van der Waals surface area (Å²) < 4.78 is 5.95. The van der Waals surface area contributed by atoms with Crippen LogP contribution in [0.2, 0.25) is 0 Å². The highest BCUT2D eigenvalue weighted by atomic mass is 16.5. The molecule has 4 amide bonds. The highest BCUT2D eigenvalue weighted by Crippen LogP contribution is 2.33. The molecular formula is C25H28BN3O7. The van der Waals surface area contributed by atoms with Gasteiger partial charge in [-0.15, -0.1) is 0 Å². The van der Waals surface area contributed by atoms with E-state index in [1.54, 1.807) is 49.2 Å². The second kappa shape index (κ2) is 10.5. The average Bonchev–Trinajstić information content (AvgIpc) is 3.17. The molecule has 0 bridgehead atoms. The fraction of sp³-hybridized carbons (Fsp3) is 0.360. The van der Waals surface area contributed by atoms with Crippen LogP contribution in [0.5, 0.6) is 5.75 Å². The number of hydrogen-bond donors (Lipinski definition) is 3. The molecule has 0 aliphatic carbocycles. The Kier molecular flexibility index (Phi) is 7.41. The summed E-state index contributed by atoms with van der Waals surface area (Å²) in [7, 11) is 0.0956. The smallest absolute Gasteiger partial charge is 0.488 e. The molecular weight excluding hydrogens is 465 g/mol. The van der Waals surface area contributed by atoms with Crippen molar-refractivity contribution < 1.29 is 34.0 Å². The second-order valence-electron chi connectivity index (χ2n) is 9.06. The molecule has 10 nitrogen and oxygen atoms in total. The van der Waals surface area contributed by atoms with Gasteiger partial charge < -0.3 is 24.6 Å². The normalized spacial score (nSPS) is 17.1. The van der Waals surface area contributed by atoms with E-state index in [0.717, 1.165) is 0 Å². The lowest BCUT2D eigenvalue weighted by atomic mass is 9.77. The summed E-state index contributed by atoms with van der Waals surface area (Å²) in [4.78, 5) is 52.4. The van der Waals surface area contributed by atoms with E-state index in [0.29, 0.717) is 59.5 Å². The van der Waals surface area contributed by atoms with Crippen molar-refractivity contribution in [1.29, 1.82) is 0 Å². The molecule has 2 aromatic rings. The van der Waals surface area contributed by atoms with Crippen molar-refractivity contribution in [3.05, 3.63) is 58.7 Å². The molecule has 1 atom stereocenters. The SMILES string of the molecule is Cc1cc(C(=O)N(C)CCCOc2cccc3c2CN(C2CCC(=O)NC2=O)C3=O)ccc1B(O)O. The van der Waals surface area contributed by atoms with Crippen molar-refractivity contribution in [1.82, 2.24) is 15.1 Å². The molecule has 188 valence electrons. The van der Waals surface area contributed by atoms with Crippen molar-refractivity contribution in [2.45, 2.75) is 38.8 Å². The zero-order chi connectivity index (χ0) is 26.0. The van der Waals surface area contributed by atoms with Crippen molar-refractivity contribution in [3.63, 3.8) is 0 Å². The lowest BCUT2D eigenvalue weighted by Gasteiger charge is -2.29. The number of carbonyl (C=O) groups excluding carboxylic acids is 4. The average molecular weight is 493 g/mol. The van der Waals surface area contributed by atoms with Gasteiger partial charge in [0.25, 0.3) is 11.8 Å². The molecule has 0 spiro atoms. The fourth-order valence-electron chi connectivity index (χ4n) is 4.60. The van der Waals surface area contributed by atoms with Crippen molar-refractivity contribution in [3.8, 4) is 5.75 Å². The van der Waals surface area contributed by atoms with Gasteiger partial charge in [0.05, 0.1) is 13.2 Å². The van der Waals surface area contributed by atoms with E-state index in [9.17, 15) is 29.2 Å². The maximum absolute atomic E-state index is 12.9. The summed E-state index contributed by atoms with van der Waals surface area (Å²) in [6, 6.07) is 9.23. The fourth-order valence-corrected chi connectivity index (χ4v) is 4.60. The Morgan fingerprint density at radius 1 is 1.22 bits per heavy atom. The second-order valence-corrected chi connectivity index (χ2v) is 9.06. The van der Waals surface area contributed by atoms with Crippen LogP contribution in [0.3, 0.4) is 0 Å². The zero-order valence-corrected chi connectivity index (χ0v) is 20.2. The number of ether oxygens (including phenoxy) is 1. The summed E-state index contributed by atoms with van der Waals surface area (Å²) in [5.74, 6) is -0.684. The molecule has 4 rings (SSSR count). The molecule has 1 saturated heterocycles. The molecule has 1 fully saturated rings. The van der Waals surface area contributed by atoms with E-state index in [1.165, 1.54) is 11.0 Å². The number of nitrogens with one attached hydrogen (secondary N) is 1.